The smallest absolute Gasteiger partial charge is 0.277 e. The normalized spacial score (nSPS) is 11.9. The lowest BCUT2D eigenvalue weighted by Gasteiger charge is -2.09. The largest absolute Gasteiger partial charge is 0.411 e. The standard InChI is InChI=1S/C14H16N4O4S/c1-3-9(2)15-12(19)8-23-14-17-16-13(22-14)10-5-4-6-11(7-10)18(20)21/h4-7,9H,3,8H2,1-2H3,(H,15,19)/t9-/m1/s1. The molecular formula is C14H16N4O4S. The van der Waals surface area contributed by atoms with E-state index < -0.39 is 4.92 Å². The third-order valence-corrected chi connectivity index (χ3v) is 3.88. The third-order valence-electron chi connectivity index (χ3n) is 3.06. The van der Waals surface area contributed by atoms with E-state index in [4.69, 9.17) is 4.42 Å². The fraction of sp³-hybridized carbons (Fsp3) is 0.357. The second-order valence-corrected chi connectivity index (χ2v) is 5.77. The van der Waals surface area contributed by atoms with E-state index in [-0.39, 0.29) is 34.5 Å². The average molecular weight is 336 g/mol. The number of rotatable bonds is 7. The molecule has 2 rings (SSSR count). The van der Waals surface area contributed by atoms with Crippen LogP contribution in [0.15, 0.2) is 33.9 Å². The number of benzene rings is 1. The molecule has 1 atom stereocenters. The van der Waals surface area contributed by atoms with Crippen LogP contribution in [0.5, 0.6) is 0 Å². The van der Waals surface area contributed by atoms with Gasteiger partial charge in [0.05, 0.1) is 10.7 Å². The number of hydrogen-bond acceptors (Lipinski definition) is 7. The van der Waals surface area contributed by atoms with E-state index in [1.165, 1.54) is 12.1 Å². The van der Waals surface area contributed by atoms with E-state index in [0.717, 1.165) is 18.2 Å². The third kappa shape index (κ3) is 4.78. The highest BCUT2D eigenvalue weighted by Gasteiger charge is 2.14. The Balaban J connectivity index is 1.99. The predicted molar refractivity (Wildman–Crippen MR) is 85.0 cm³/mol. The van der Waals surface area contributed by atoms with Gasteiger partial charge in [-0.2, -0.15) is 0 Å². The van der Waals surface area contributed by atoms with Crippen molar-refractivity contribution in [2.45, 2.75) is 31.5 Å². The minimum Gasteiger partial charge on any atom is -0.411 e. The molecule has 1 heterocycles. The fourth-order valence-electron chi connectivity index (χ4n) is 1.68. The highest BCUT2D eigenvalue weighted by Crippen LogP contribution is 2.25. The summed E-state index contributed by atoms with van der Waals surface area (Å²) in [6.45, 7) is 3.91. The van der Waals surface area contributed by atoms with Crippen LogP contribution in [0, 0.1) is 10.1 Å². The van der Waals surface area contributed by atoms with Gasteiger partial charge in [0.2, 0.25) is 11.8 Å². The van der Waals surface area contributed by atoms with Crippen LogP contribution in [0.3, 0.4) is 0 Å². The number of thioether (sulfide) groups is 1. The maximum absolute atomic E-state index is 11.7. The van der Waals surface area contributed by atoms with Gasteiger partial charge in [-0.25, -0.2) is 0 Å². The maximum Gasteiger partial charge on any atom is 0.277 e. The molecule has 1 aromatic heterocycles. The number of carbonyl (C=O) groups is 1. The summed E-state index contributed by atoms with van der Waals surface area (Å²) < 4.78 is 5.42. The predicted octanol–water partition coefficient (Wildman–Crippen LogP) is 2.65. The topological polar surface area (TPSA) is 111 Å². The highest BCUT2D eigenvalue weighted by atomic mass is 32.2. The van der Waals surface area contributed by atoms with Crippen molar-refractivity contribution in [1.82, 2.24) is 15.5 Å². The van der Waals surface area contributed by atoms with Crippen LogP contribution in [-0.4, -0.2) is 32.8 Å². The van der Waals surface area contributed by atoms with E-state index in [2.05, 4.69) is 15.5 Å². The van der Waals surface area contributed by atoms with Gasteiger partial charge in [-0.3, -0.25) is 14.9 Å². The van der Waals surface area contributed by atoms with Crippen molar-refractivity contribution in [1.29, 1.82) is 0 Å². The summed E-state index contributed by atoms with van der Waals surface area (Å²) in [5.74, 6) is 0.235. The van der Waals surface area contributed by atoms with Crippen molar-refractivity contribution in [3.05, 3.63) is 34.4 Å². The maximum atomic E-state index is 11.7. The number of hydrogen-bond donors (Lipinski definition) is 1. The van der Waals surface area contributed by atoms with Gasteiger partial charge >= 0.3 is 0 Å². The first-order valence-corrected chi connectivity index (χ1v) is 7.98. The Bertz CT molecular complexity index is 704. The van der Waals surface area contributed by atoms with Crippen LogP contribution >= 0.6 is 11.8 Å². The molecular weight excluding hydrogens is 320 g/mol. The SMILES string of the molecule is CC[C@@H](C)NC(=O)CSc1nnc(-c2cccc([N+](=O)[O-])c2)o1. The number of nitro benzene ring substituents is 1. The minimum absolute atomic E-state index is 0.0529. The van der Waals surface area contributed by atoms with Crippen LogP contribution in [0.4, 0.5) is 5.69 Å². The summed E-state index contributed by atoms with van der Waals surface area (Å²) in [5, 5.41) is 21.5. The number of nitrogens with one attached hydrogen (secondary N) is 1. The molecule has 0 saturated carbocycles. The quantitative estimate of drug-likeness (QED) is 0.470. The van der Waals surface area contributed by atoms with Gasteiger partial charge < -0.3 is 9.73 Å². The van der Waals surface area contributed by atoms with Crippen molar-refractivity contribution in [2.24, 2.45) is 0 Å². The Labute approximate surface area is 136 Å². The number of carbonyl (C=O) groups excluding carboxylic acids is 1. The second kappa shape index (κ2) is 7.73. The summed E-state index contributed by atoms with van der Waals surface area (Å²) in [7, 11) is 0. The van der Waals surface area contributed by atoms with Crippen LogP contribution in [0.2, 0.25) is 0 Å². The number of aromatic nitrogens is 2. The zero-order valence-corrected chi connectivity index (χ0v) is 13.5. The van der Waals surface area contributed by atoms with Gasteiger partial charge in [-0.05, 0) is 19.4 Å². The van der Waals surface area contributed by atoms with E-state index in [0.29, 0.717) is 5.56 Å². The van der Waals surface area contributed by atoms with Gasteiger partial charge in [0.25, 0.3) is 10.9 Å². The molecule has 2 aromatic rings. The first-order chi connectivity index (χ1) is 11.0. The molecule has 0 unspecified atom stereocenters. The number of nitro groups is 1. The summed E-state index contributed by atoms with van der Waals surface area (Å²) in [6.07, 6.45) is 0.855. The van der Waals surface area contributed by atoms with Gasteiger partial charge in [-0.15, -0.1) is 10.2 Å². The van der Waals surface area contributed by atoms with Crippen molar-refractivity contribution < 1.29 is 14.1 Å². The fourth-order valence-corrected chi connectivity index (χ4v) is 2.26. The minimum atomic E-state index is -0.491. The zero-order valence-electron chi connectivity index (χ0n) is 12.7. The summed E-state index contributed by atoms with van der Waals surface area (Å²) in [4.78, 5) is 22.0. The second-order valence-electron chi connectivity index (χ2n) is 4.85. The molecule has 1 amide bonds. The summed E-state index contributed by atoms with van der Waals surface area (Å²) >= 11 is 1.12. The van der Waals surface area contributed by atoms with E-state index in [9.17, 15) is 14.9 Å². The lowest BCUT2D eigenvalue weighted by atomic mass is 10.2. The van der Waals surface area contributed by atoms with Gasteiger partial charge in [0.15, 0.2) is 0 Å². The van der Waals surface area contributed by atoms with Gasteiger partial charge in [-0.1, -0.05) is 24.8 Å². The zero-order chi connectivity index (χ0) is 16.8. The summed E-state index contributed by atoms with van der Waals surface area (Å²) in [6, 6.07) is 6.05. The first-order valence-electron chi connectivity index (χ1n) is 7.00. The molecule has 0 aliphatic heterocycles. The van der Waals surface area contributed by atoms with Crippen molar-refractivity contribution in [3.63, 3.8) is 0 Å². The van der Waals surface area contributed by atoms with Gasteiger partial charge in [0.1, 0.15) is 0 Å². The Morgan fingerprint density at radius 3 is 2.96 bits per heavy atom. The van der Waals surface area contributed by atoms with Crippen LogP contribution < -0.4 is 5.32 Å². The van der Waals surface area contributed by atoms with Crippen molar-refractivity contribution >= 4 is 23.4 Å². The Kier molecular flexibility index (Phi) is 5.69. The molecule has 0 aliphatic carbocycles. The van der Waals surface area contributed by atoms with Gasteiger partial charge in [0, 0.05) is 23.7 Å². The Morgan fingerprint density at radius 1 is 1.48 bits per heavy atom. The van der Waals surface area contributed by atoms with Crippen LogP contribution in [-0.2, 0) is 4.79 Å². The molecule has 0 saturated heterocycles. The van der Waals surface area contributed by atoms with E-state index in [1.807, 2.05) is 13.8 Å². The number of amides is 1. The molecule has 9 heteroatoms. The van der Waals surface area contributed by atoms with Crippen LogP contribution in [0.1, 0.15) is 20.3 Å². The van der Waals surface area contributed by atoms with E-state index >= 15 is 0 Å². The molecule has 0 spiro atoms. The average Bonchev–Trinajstić information content (AvgIpc) is 3.02. The van der Waals surface area contributed by atoms with Crippen molar-refractivity contribution in [3.8, 4) is 11.5 Å². The monoisotopic (exact) mass is 336 g/mol. The molecule has 0 aliphatic rings. The molecule has 23 heavy (non-hydrogen) atoms. The molecule has 0 radical (unpaired) electrons. The van der Waals surface area contributed by atoms with Crippen LogP contribution in [0.25, 0.3) is 11.5 Å². The Hall–Kier alpha value is -2.42. The molecule has 1 aromatic carbocycles. The first kappa shape index (κ1) is 16.9. The van der Waals surface area contributed by atoms with E-state index in [1.54, 1.807) is 12.1 Å². The molecule has 8 nitrogen and oxygen atoms in total. The molecule has 0 bridgehead atoms. The summed E-state index contributed by atoms with van der Waals surface area (Å²) in [5.41, 5.74) is 0.408. The molecule has 1 N–H and O–H groups in total. The Morgan fingerprint density at radius 2 is 2.26 bits per heavy atom. The molecule has 122 valence electrons. The number of nitrogens with zero attached hydrogens (tertiary/aromatic N) is 3. The number of non-ortho nitro benzene ring substituents is 1. The molecule has 0 fully saturated rings. The highest BCUT2D eigenvalue weighted by molar-refractivity contribution is 7.99. The lowest BCUT2D eigenvalue weighted by molar-refractivity contribution is -0.384. The lowest BCUT2D eigenvalue weighted by Crippen LogP contribution is -2.33. The van der Waals surface area contributed by atoms with Crippen molar-refractivity contribution in [2.75, 3.05) is 5.75 Å².